The quantitative estimate of drug-likeness (QED) is 0.0649. The Morgan fingerprint density at radius 2 is 1.00 bits per heavy atom. The highest BCUT2D eigenvalue weighted by atomic mass is 32.2. The summed E-state index contributed by atoms with van der Waals surface area (Å²) in [5.41, 5.74) is 0.654. The van der Waals surface area contributed by atoms with Gasteiger partial charge in [0.05, 0.1) is 17.5 Å². The molecule has 1 aromatic carbocycles. The molecule has 0 spiro atoms. The number of hydrogen-bond donors (Lipinski definition) is 0. The Balaban J connectivity index is 1.34. The van der Waals surface area contributed by atoms with Crippen LogP contribution in [0.25, 0.3) is 5.69 Å². The van der Waals surface area contributed by atoms with Gasteiger partial charge in [0.25, 0.3) is 5.16 Å². The average Bonchev–Trinajstić information content (AvgIpc) is 3.65. The van der Waals surface area contributed by atoms with Crippen LogP contribution < -0.4 is 0 Å². The maximum Gasteiger partial charge on any atom is 0.272 e. The maximum atomic E-state index is 12.8. The number of methoxy groups -OCH3 is 1. The Kier molecular flexibility index (Phi) is 27.3. The van der Waals surface area contributed by atoms with Gasteiger partial charge >= 0.3 is 0 Å². The molecule has 294 valence electrons. The summed E-state index contributed by atoms with van der Waals surface area (Å²) in [5, 5.41) is 11.2. The highest BCUT2D eigenvalue weighted by molar-refractivity contribution is 7.91. The van der Waals surface area contributed by atoms with Gasteiger partial charge in [-0.15, -0.1) is 0 Å². The molecule has 0 unspecified atom stereocenters. The van der Waals surface area contributed by atoms with E-state index < -0.39 is 9.84 Å². The van der Waals surface area contributed by atoms with E-state index in [9.17, 15) is 8.42 Å². The molecular weight excluding hydrogens is 653 g/mol. The summed E-state index contributed by atoms with van der Waals surface area (Å²) in [6.07, 6.45) is 40.1. The monoisotopic (exact) mass is 731 g/mol. The first-order valence-corrected chi connectivity index (χ1v) is 23.2. The topological polar surface area (TPSA) is 87.0 Å². The molecule has 0 aliphatic heterocycles. The summed E-state index contributed by atoms with van der Waals surface area (Å²) < 4.78 is 32.9. The van der Waals surface area contributed by atoms with Crippen LogP contribution in [-0.4, -0.2) is 47.6 Å². The van der Waals surface area contributed by atoms with Crippen molar-refractivity contribution in [3.63, 3.8) is 0 Å². The van der Waals surface area contributed by atoms with Crippen molar-refractivity contribution < 1.29 is 13.2 Å². The Morgan fingerprint density at radius 3 is 1.45 bits per heavy atom. The highest BCUT2D eigenvalue weighted by Gasteiger charge is 2.23. The van der Waals surface area contributed by atoms with Crippen molar-refractivity contribution in [3.05, 3.63) is 30.3 Å². The number of nitrogens with zero attached hydrogens (tertiary/aromatic N) is 4. The van der Waals surface area contributed by atoms with Gasteiger partial charge in [-0.2, -0.15) is 4.68 Å². The number of para-hydroxylation sites is 1. The first kappa shape index (κ1) is 45.4. The predicted octanol–water partition coefficient (Wildman–Crippen LogP) is 12.8. The summed E-state index contributed by atoms with van der Waals surface area (Å²) in [6, 6.07) is 9.17. The molecule has 0 N–H and O–H groups in total. The van der Waals surface area contributed by atoms with Gasteiger partial charge in [-0.1, -0.05) is 211 Å². The molecular formula is C43H78N4O3S. The van der Waals surface area contributed by atoms with Crippen molar-refractivity contribution >= 4 is 9.84 Å². The summed E-state index contributed by atoms with van der Waals surface area (Å²) in [4.78, 5) is 0. The number of sulfone groups is 1. The molecule has 0 amide bonds. The van der Waals surface area contributed by atoms with Crippen LogP contribution in [0.4, 0.5) is 0 Å². The third kappa shape index (κ3) is 22.1. The molecule has 0 fully saturated rings. The van der Waals surface area contributed by atoms with Crippen molar-refractivity contribution in [1.29, 1.82) is 0 Å². The van der Waals surface area contributed by atoms with E-state index >= 15 is 0 Å². The molecule has 7 nitrogen and oxygen atoms in total. The average molecular weight is 731 g/mol. The van der Waals surface area contributed by atoms with E-state index in [4.69, 9.17) is 4.74 Å². The van der Waals surface area contributed by atoms with Crippen LogP contribution in [0.2, 0.25) is 0 Å². The lowest BCUT2D eigenvalue weighted by Crippen LogP contribution is -2.20. The Labute approximate surface area is 314 Å². The van der Waals surface area contributed by atoms with Crippen LogP contribution in [0.3, 0.4) is 0 Å². The van der Waals surface area contributed by atoms with Crippen LogP contribution in [0.1, 0.15) is 206 Å². The highest BCUT2D eigenvalue weighted by Crippen LogP contribution is 2.22. The number of tetrazole rings is 1. The van der Waals surface area contributed by atoms with E-state index in [1.807, 2.05) is 25.3 Å². The lowest BCUT2D eigenvalue weighted by molar-refractivity contribution is 0.0456. The molecule has 1 aromatic heterocycles. The van der Waals surface area contributed by atoms with Crippen molar-refractivity contribution in [2.75, 3.05) is 12.9 Å². The fraction of sp³-hybridized carbons (Fsp3) is 0.837. The molecule has 0 saturated carbocycles. The van der Waals surface area contributed by atoms with Crippen molar-refractivity contribution in [3.8, 4) is 5.69 Å². The largest absolute Gasteiger partial charge is 0.381 e. The zero-order chi connectivity index (χ0) is 36.7. The van der Waals surface area contributed by atoms with E-state index in [-0.39, 0.29) is 10.9 Å². The van der Waals surface area contributed by atoms with E-state index in [1.54, 1.807) is 12.1 Å². The molecule has 51 heavy (non-hydrogen) atoms. The zero-order valence-corrected chi connectivity index (χ0v) is 34.2. The second kappa shape index (κ2) is 30.6. The van der Waals surface area contributed by atoms with Gasteiger partial charge in [-0.3, -0.25) is 0 Å². The molecule has 1 heterocycles. The third-order valence-electron chi connectivity index (χ3n) is 10.8. The van der Waals surface area contributed by atoms with Crippen LogP contribution in [0.15, 0.2) is 35.5 Å². The number of rotatable bonds is 36. The molecule has 0 aliphatic rings. The zero-order valence-electron chi connectivity index (χ0n) is 33.4. The molecule has 0 radical (unpaired) electrons. The SMILES string of the molecule is CCCCCCCCCCCCCCCCCC[C@H](C)[C@@H](CCCCCCCCCCCCCCS(=O)(=O)c1nnnn1-c1ccccc1)OC. The van der Waals surface area contributed by atoms with Gasteiger partial charge in [0.15, 0.2) is 0 Å². The maximum absolute atomic E-state index is 12.8. The number of unbranched alkanes of at least 4 members (excludes halogenated alkanes) is 26. The van der Waals surface area contributed by atoms with Crippen molar-refractivity contribution in [1.82, 2.24) is 20.2 Å². The second-order valence-electron chi connectivity index (χ2n) is 15.4. The number of aromatic nitrogens is 4. The van der Waals surface area contributed by atoms with E-state index in [0.717, 1.165) is 12.8 Å². The van der Waals surface area contributed by atoms with Gasteiger partial charge in [-0.25, -0.2) is 8.42 Å². The predicted molar refractivity (Wildman–Crippen MR) is 215 cm³/mol. The van der Waals surface area contributed by atoms with Gasteiger partial charge in [0, 0.05) is 7.11 Å². The fourth-order valence-corrected chi connectivity index (χ4v) is 8.77. The normalized spacial score (nSPS) is 13.2. The van der Waals surface area contributed by atoms with Crippen molar-refractivity contribution in [2.24, 2.45) is 5.92 Å². The first-order chi connectivity index (χ1) is 25.0. The van der Waals surface area contributed by atoms with Gasteiger partial charge in [-0.05, 0) is 47.7 Å². The van der Waals surface area contributed by atoms with Gasteiger partial charge in [0.1, 0.15) is 0 Å². The third-order valence-corrected chi connectivity index (χ3v) is 12.5. The number of benzene rings is 1. The van der Waals surface area contributed by atoms with Gasteiger partial charge < -0.3 is 4.74 Å². The molecule has 0 aliphatic carbocycles. The first-order valence-electron chi connectivity index (χ1n) is 21.6. The Hall–Kier alpha value is -1.80. The van der Waals surface area contributed by atoms with Crippen LogP contribution in [0, 0.1) is 5.92 Å². The van der Waals surface area contributed by atoms with Crippen LogP contribution in [0.5, 0.6) is 0 Å². The summed E-state index contributed by atoms with van der Waals surface area (Å²) >= 11 is 0. The van der Waals surface area contributed by atoms with Crippen LogP contribution in [-0.2, 0) is 14.6 Å². The molecule has 2 rings (SSSR count). The Morgan fingerprint density at radius 1 is 0.588 bits per heavy atom. The second-order valence-corrected chi connectivity index (χ2v) is 17.4. The summed E-state index contributed by atoms with van der Waals surface area (Å²) in [7, 11) is -1.60. The van der Waals surface area contributed by atoms with E-state index in [2.05, 4.69) is 29.4 Å². The minimum absolute atomic E-state index is 0.0671. The minimum Gasteiger partial charge on any atom is -0.381 e. The molecule has 2 aromatic rings. The van der Waals surface area contributed by atoms with Gasteiger partial charge in [0.2, 0.25) is 9.84 Å². The number of ether oxygens (including phenoxy) is 1. The molecule has 0 bridgehead atoms. The Bertz CT molecular complexity index is 1160. The molecule has 2 atom stereocenters. The smallest absolute Gasteiger partial charge is 0.272 e. The van der Waals surface area contributed by atoms with E-state index in [1.165, 1.54) is 178 Å². The molecule has 0 saturated heterocycles. The van der Waals surface area contributed by atoms with Crippen LogP contribution >= 0.6 is 0 Å². The lowest BCUT2D eigenvalue weighted by atomic mass is 9.93. The standard InChI is InChI=1S/C43H78N4O3S/c1-4-5-6-7-8-9-10-11-12-13-14-17-20-23-26-30-35-40(2)42(50-3)38-33-27-24-21-18-15-16-19-22-25-28-34-39-51(48,49)43-44-45-46-47(43)41-36-31-29-32-37-41/h29,31-32,36-37,40,42H,4-28,30,33-35,38-39H2,1-3H3/t40-,42+/m0/s1. The number of hydrogen-bond acceptors (Lipinski definition) is 6. The van der Waals surface area contributed by atoms with Crippen molar-refractivity contribution in [2.45, 2.75) is 218 Å². The lowest BCUT2D eigenvalue weighted by Gasteiger charge is -2.22. The summed E-state index contributed by atoms with van der Waals surface area (Å²) in [5.74, 6) is 0.758. The fourth-order valence-electron chi connectivity index (χ4n) is 7.44. The summed E-state index contributed by atoms with van der Waals surface area (Å²) in [6.45, 7) is 4.70. The molecule has 8 heteroatoms. The van der Waals surface area contributed by atoms with E-state index in [0.29, 0.717) is 24.1 Å². The minimum atomic E-state index is -3.52.